The van der Waals surface area contributed by atoms with Crippen LogP contribution in [-0.4, -0.2) is 34.9 Å². The fraction of sp³-hybridized carbons (Fsp3) is 0.882. The summed E-state index contributed by atoms with van der Waals surface area (Å²) in [5.74, 6) is -2.26. The predicted octanol–water partition coefficient (Wildman–Crippen LogP) is 3.14. The summed E-state index contributed by atoms with van der Waals surface area (Å²) >= 11 is 0. The van der Waals surface area contributed by atoms with E-state index in [4.69, 9.17) is 9.84 Å². The van der Waals surface area contributed by atoms with Crippen LogP contribution in [0.3, 0.4) is 0 Å². The molecule has 0 aromatic rings. The zero-order valence-corrected chi connectivity index (χ0v) is 13.6. The summed E-state index contributed by atoms with van der Waals surface area (Å²) in [6, 6.07) is 0. The first-order valence-corrected chi connectivity index (χ1v) is 8.60. The number of carboxylic acid groups (broad SMARTS) is 1. The van der Waals surface area contributed by atoms with Crippen LogP contribution >= 0.6 is 0 Å². The van der Waals surface area contributed by atoms with E-state index in [1.54, 1.807) is 0 Å². The second-order valence-corrected chi connectivity index (χ2v) is 6.36. The van der Waals surface area contributed by atoms with Crippen molar-refractivity contribution in [3.05, 3.63) is 0 Å². The summed E-state index contributed by atoms with van der Waals surface area (Å²) in [4.78, 5) is 23.4. The van der Waals surface area contributed by atoms with Crippen LogP contribution in [0.4, 0.5) is 0 Å². The minimum Gasteiger partial charge on any atom is -0.481 e. The number of hydrogen-bond acceptors (Lipinski definition) is 4. The van der Waals surface area contributed by atoms with Crippen molar-refractivity contribution in [1.82, 2.24) is 0 Å². The lowest BCUT2D eigenvalue weighted by molar-refractivity contribution is -0.163. The van der Waals surface area contributed by atoms with Gasteiger partial charge in [0.25, 0.3) is 0 Å². The van der Waals surface area contributed by atoms with Gasteiger partial charge >= 0.3 is 11.9 Å². The molecule has 0 aromatic carbocycles. The van der Waals surface area contributed by atoms with E-state index >= 15 is 0 Å². The van der Waals surface area contributed by atoms with Crippen LogP contribution in [0.2, 0.25) is 0 Å². The summed E-state index contributed by atoms with van der Waals surface area (Å²) in [5.41, 5.74) is 0. The largest absolute Gasteiger partial charge is 0.481 e. The maximum atomic E-state index is 12.2. The molecule has 128 valence electrons. The number of rotatable bonds is 10. The number of unbranched alkanes of at least 4 members (excludes halogenated alkanes) is 4. The van der Waals surface area contributed by atoms with Crippen LogP contribution in [0.25, 0.3) is 0 Å². The molecular weight excluding hydrogens is 284 g/mol. The van der Waals surface area contributed by atoms with Gasteiger partial charge < -0.3 is 14.9 Å². The molecule has 22 heavy (non-hydrogen) atoms. The number of esters is 1. The van der Waals surface area contributed by atoms with Gasteiger partial charge in [-0.15, -0.1) is 0 Å². The summed E-state index contributed by atoms with van der Waals surface area (Å²) in [5, 5.41) is 17.9. The molecule has 1 aliphatic carbocycles. The molecule has 3 unspecified atom stereocenters. The van der Waals surface area contributed by atoms with Gasteiger partial charge in [-0.1, -0.05) is 32.1 Å². The SMILES string of the molecule is CC(CCCCCCCO)OC(=O)C1CCCCC1C(=O)O. The lowest BCUT2D eigenvalue weighted by Crippen LogP contribution is -2.35. The van der Waals surface area contributed by atoms with Gasteiger partial charge in [-0.05, 0) is 39.0 Å². The average Bonchev–Trinajstić information content (AvgIpc) is 2.50. The molecule has 0 amide bonds. The van der Waals surface area contributed by atoms with Crippen LogP contribution in [0.15, 0.2) is 0 Å². The first kappa shape index (κ1) is 18.9. The summed E-state index contributed by atoms with van der Waals surface area (Å²) in [6.45, 7) is 2.13. The minimum atomic E-state index is -0.877. The summed E-state index contributed by atoms with van der Waals surface area (Å²) in [7, 11) is 0. The van der Waals surface area contributed by atoms with E-state index in [9.17, 15) is 14.7 Å². The Morgan fingerprint density at radius 3 is 2.27 bits per heavy atom. The molecule has 3 atom stereocenters. The highest BCUT2D eigenvalue weighted by Gasteiger charge is 2.37. The molecule has 1 aliphatic rings. The van der Waals surface area contributed by atoms with E-state index in [1.807, 2.05) is 6.92 Å². The highest BCUT2D eigenvalue weighted by Crippen LogP contribution is 2.31. The lowest BCUT2D eigenvalue weighted by Gasteiger charge is -2.28. The summed E-state index contributed by atoms with van der Waals surface area (Å²) in [6.07, 6.45) is 8.69. The molecule has 1 fully saturated rings. The van der Waals surface area contributed by atoms with Crippen LogP contribution in [0, 0.1) is 11.8 Å². The number of aliphatic hydroxyl groups excluding tert-OH is 1. The normalized spacial score (nSPS) is 23.0. The third-order valence-corrected chi connectivity index (χ3v) is 4.47. The Labute approximate surface area is 133 Å². The average molecular weight is 314 g/mol. The number of aliphatic carboxylic acids is 1. The van der Waals surface area contributed by atoms with Crippen LogP contribution in [-0.2, 0) is 14.3 Å². The molecule has 0 bridgehead atoms. The van der Waals surface area contributed by atoms with Crippen molar-refractivity contribution in [3.63, 3.8) is 0 Å². The molecule has 2 N–H and O–H groups in total. The number of carbonyl (C=O) groups excluding carboxylic acids is 1. The Morgan fingerprint density at radius 1 is 1.05 bits per heavy atom. The molecule has 0 heterocycles. The Hall–Kier alpha value is -1.10. The van der Waals surface area contributed by atoms with E-state index in [1.165, 1.54) is 0 Å². The molecule has 0 saturated heterocycles. The van der Waals surface area contributed by atoms with Gasteiger partial charge in [0.1, 0.15) is 0 Å². The fourth-order valence-corrected chi connectivity index (χ4v) is 3.13. The maximum absolute atomic E-state index is 12.2. The fourth-order valence-electron chi connectivity index (χ4n) is 3.13. The van der Waals surface area contributed by atoms with Crippen LogP contribution < -0.4 is 0 Å². The second kappa shape index (κ2) is 10.6. The highest BCUT2D eigenvalue weighted by molar-refractivity contribution is 5.81. The highest BCUT2D eigenvalue weighted by atomic mass is 16.5. The Kier molecular flexibility index (Phi) is 9.13. The van der Waals surface area contributed by atoms with Gasteiger partial charge in [0, 0.05) is 6.61 Å². The van der Waals surface area contributed by atoms with Gasteiger partial charge in [-0.25, -0.2) is 0 Å². The van der Waals surface area contributed by atoms with E-state index in [2.05, 4.69) is 0 Å². The molecule has 1 saturated carbocycles. The maximum Gasteiger partial charge on any atom is 0.310 e. The topological polar surface area (TPSA) is 83.8 Å². The Bertz CT molecular complexity index is 342. The third-order valence-electron chi connectivity index (χ3n) is 4.47. The first-order chi connectivity index (χ1) is 10.6. The van der Waals surface area contributed by atoms with E-state index in [-0.39, 0.29) is 18.7 Å². The lowest BCUT2D eigenvalue weighted by atomic mass is 9.79. The number of carbonyl (C=O) groups is 2. The van der Waals surface area contributed by atoms with Gasteiger partial charge in [0.05, 0.1) is 17.9 Å². The zero-order chi connectivity index (χ0) is 16.4. The van der Waals surface area contributed by atoms with Crippen LogP contribution in [0.1, 0.15) is 71.1 Å². The number of aliphatic hydroxyl groups is 1. The van der Waals surface area contributed by atoms with Gasteiger partial charge in [0.15, 0.2) is 0 Å². The molecular formula is C17H30O5. The number of ether oxygens (including phenoxy) is 1. The third kappa shape index (κ3) is 6.77. The Balaban J connectivity index is 2.26. The minimum absolute atomic E-state index is 0.151. The van der Waals surface area contributed by atoms with E-state index in [0.29, 0.717) is 12.8 Å². The molecule has 5 heteroatoms. The van der Waals surface area contributed by atoms with Crippen molar-refractivity contribution < 1.29 is 24.5 Å². The second-order valence-electron chi connectivity index (χ2n) is 6.36. The molecule has 5 nitrogen and oxygen atoms in total. The monoisotopic (exact) mass is 314 g/mol. The molecule has 0 aromatic heterocycles. The van der Waals surface area contributed by atoms with Gasteiger partial charge in [-0.2, -0.15) is 0 Å². The Morgan fingerprint density at radius 2 is 1.64 bits per heavy atom. The number of carboxylic acids is 1. The van der Waals surface area contributed by atoms with Crippen molar-refractivity contribution >= 4 is 11.9 Å². The summed E-state index contributed by atoms with van der Waals surface area (Å²) < 4.78 is 5.46. The molecule has 0 aliphatic heterocycles. The van der Waals surface area contributed by atoms with Crippen LogP contribution in [0.5, 0.6) is 0 Å². The zero-order valence-electron chi connectivity index (χ0n) is 13.6. The van der Waals surface area contributed by atoms with Gasteiger partial charge in [-0.3, -0.25) is 9.59 Å². The van der Waals surface area contributed by atoms with Crippen molar-refractivity contribution in [2.45, 2.75) is 77.2 Å². The smallest absolute Gasteiger partial charge is 0.310 e. The van der Waals surface area contributed by atoms with Crippen molar-refractivity contribution in [3.8, 4) is 0 Å². The van der Waals surface area contributed by atoms with Gasteiger partial charge in [0.2, 0.25) is 0 Å². The van der Waals surface area contributed by atoms with Crippen molar-refractivity contribution in [2.75, 3.05) is 6.61 Å². The predicted molar refractivity (Wildman–Crippen MR) is 83.4 cm³/mol. The standard InChI is InChI=1S/C17H30O5/c1-13(9-5-3-2-4-8-12-18)22-17(21)15-11-7-6-10-14(15)16(19)20/h13-15,18H,2-12H2,1H3,(H,19,20). The quantitative estimate of drug-likeness (QED) is 0.478. The molecule has 1 rings (SSSR count). The number of hydrogen-bond donors (Lipinski definition) is 2. The van der Waals surface area contributed by atoms with Crippen molar-refractivity contribution in [1.29, 1.82) is 0 Å². The first-order valence-electron chi connectivity index (χ1n) is 8.60. The van der Waals surface area contributed by atoms with E-state index < -0.39 is 17.8 Å². The molecule has 0 spiro atoms. The molecule has 0 radical (unpaired) electrons. The van der Waals surface area contributed by atoms with Crippen molar-refractivity contribution in [2.24, 2.45) is 11.8 Å². The van der Waals surface area contributed by atoms with E-state index in [0.717, 1.165) is 51.4 Å².